The van der Waals surface area contributed by atoms with Crippen LogP contribution in [0.5, 0.6) is 0 Å². The molecular weight excluding hydrogens is 222 g/mol. The number of fused-ring (bicyclic) bond motifs is 2. The van der Waals surface area contributed by atoms with Crippen LogP contribution in [0.2, 0.25) is 0 Å². The van der Waals surface area contributed by atoms with Gasteiger partial charge in [0, 0.05) is 23.4 Å². The third kappa shape index (κ3) is 1.33. The second-order valence-electron chi connectivity index (χ2n) is 4.69. The van der Waals surface area contributed by atoms with E-state index in [1.165, 1.54) is 36.8 Å². The number of esters is 1. The largest absolute Gasteiger partial charge is 0.465 e. The lowest BCUT2D eigenvalue weighted by Gasteiger charge is -2.44. The zero-order valence-corrected chi connectivity index (χ0v) is 10.2. The van der Waals surface area contributed by atoms with Gasteiger partial charge in [-0.3, -0.25) is 0 Å². The Morgan fingerprint density at radius 3 is 3.00 bits per heavy atom. The molecule has 0 amide bonds. The van der Waals surface area contributed by atoms with Crippen LogP contribution in [-0.4, -0.2) is 19.6 Å². The maximum absolute atomic E-state index is 11.5. The van der Waals surface area contributed by atoms with Gasteiger partial charge in [-0.05, 0) is 24.5 Å². The summed E-state index contributed by atoms with van der Waals surface area (Å²) in [5, 5.41) is 3.46. The highest BCUT2D eigenvalue weighted by atomic mass is 32.1. The number of carbonyl (C=O) groups is 1. The molecule has 1 saturated carbocycles. The summed E-state index contributed by atoms with van der Waals surface area (Å²) in [6.07, 6.45) is 3.83. The third-order valence-electron chi connectivity index (χ3n) is 3.77. The number of hydrogen-bond donors (Lipinski definition) is 1. The smallest absolute Gasteiger partial charge is 0.348 e. The predicted octanol–water partition coefficient (Wildman–Crippen LogP) is 2.06. The molecule has 0 atom stereocenters. The summed E-state index contributed by atoms with van der Waals surface area (Å²) in [6, 6.07) is 2.00. The summed E-state index contributed by atoms with van der Waals surface area (Å²) in [5.74, 6) is -0.200. The fourth-order valence-corrected chi connectivity index (χ4v) is 4.08. The molecule has 0 radical (unpaired) electrons. The molecule has 0 aromatic carbocycles. The molecule has 4 heteroatoms. The maximum atomic E-state index is 11.5. The predicted molar refractivity (Wildman–Crippen MR) is 62.9 cm³/mol. The topological polar surface area (TPSA) is 38.3 Å². The lowest BCUT2D eigenvalue weighted by Crippen LogP contribution is -2.46. The first-order valence-corrected chi connectivity index (χ1v) is 6.49. The van der Waals surface area contributed by atoms with Crippen molar-refractivity contribution in [2.45, 2.75) is 31.2 Å². The highest BCUT2D eigenvalue weighted by Crippen LogP contribution is 2.49. The second kappa shape index (κ2) is 3.57. The van der Waals surface area contributed by atoms with E-state index in [1.54, 1.807) is 11.3 Å². The van der Waals surface area contributed by atoms with E-state index in [0.717, 1.165) is 18.0 Å². The van der Waals surface area contributed by atoms with Crippen molar-refractivity contribution in [3.05, 3.63) is 21.4 Å². The van der Waals surface area contributed by atoms with Gasteiger partial charge < -0.3 is 10.1 Å². The zero-order valence-electron chi connectivity index (χ0n) is 9.34. The van der Waals surface area contributed by atoms with Crippen molar-refractivity contribution in [1.82, 2.24) is 5.32 Å². The summed E-state index contributed by atoms with van der Waals surface area (Å²) >= 11 is 1.64. The fraction of sp³-hybridized carbons (Fsp3) is 0.583. The molecule has 2 aliphatic rings. The van der Waals surface area contributed by atoms with E-state index in [2.05, 4.69) is 5.32 Å². The Morgan fingerprint density at radius 1 is 1.56 bits per heavy atom. The summed E-state index contributed by atoms with van der Waals surface area (Å²) in [4.78, 5) is 13.7. The summed E-state index contributed by atoms with van der Waals surface area (Å²) < 4.78 is 4.78. The van der Waals surface area contributed by atoms with E-state index in [4.69, 9.17) is 4.74 Å². The third-order valence-corrected chi connectivity index (χ3v) is 5.17. The molecule has 0 bridgehead atoms. The molecule has 86 valence electrons. The quantitative estimate of drug-likeness (QED) is 0.760. The van der Waals surface area contributed by atoms with Gasteiger partial charge in [0.05, 0.1) is 7.11 Å². The molecular formula is C12H15NO2S. The molecule has 0 unspecified atom stereocenters. The van der Waals surface area contributed by atoms with Gasteiger partial charge in [-0.2, -0.15) is 0 Å². The molecule has 1 N–H and O–H groups in total. The number of nitrogens with one attached hydrogen (secondary N) is 1. The minimum Gasteiger partial charge on any atom is -0.465 e. The van der Waals surface area contributed by atoms with E-state index in [1.807, 2.05) is 6.07 Å². The first kappa shape index (κ1) is 10.3. The maximum Gasteiger partial charge on any atom is 0.348 e. The van der Waals surface area contributed by atoms with Crippen molar-refractivity contribution in [3.8, 4) is 0 Å². The van der Waals surface area contributed by atoms with E-state index < -0.39 is 0 Å². The van der Waals surface area contributed by atoms with Gasteiger partial charge in [0.15, 0.2) is 0 Å². The molecule has 1 aromatic heterocycles. The van der Waals surface area contributed by atoms with E-state index in [9.17, 15) is 4.79 Å². The van der Waals surface area contributed by atoms with E-state index in [-0.39, 0.29) is 5.97 Å². The van der Waals surface area contributed by atoms with Crippen molar-refractivity contribution < 1.29 is 9.53 Å². The van der Waals surface area contributed by atoms with Crippen LogP contribution in [0.25, 0.3) is 0 Å². The normalized spacial score (nSPS) is 21.3. The van der Waals surface area contributed by atoms with Crippen molar-refractivity contribution in [2.75, 3.05) is 13.7 Å². The molecule has 3 nitrogen and oxygen atoms in total. The van der Waals surface area contributed by atoms with Gasteiger partial charge >= 0.3 is 5.97 Å². The molecule has 1 aliphatic heterocycles. The molecule has 1 fully saturated rings. The average molecular weight is 237 g/mol. The second-order valence-corrected chi connectivity index (χ2v) is 5.75. The van der Waals surface area contributed by atoms with Crippen LogP contribution in [0.3, 0.4) is 0 Å². The first-order valence-electron chi connectivity index (χ1n) is 5.67. The molecule has 2 heterocycles. The van der Waals surface area contributed by atoms with Crippen LogP contribution in [0.1, 0.15) is 39.4 Å². The van der Waals surface area contributed by atoms with Gasteiger partial charge in [-0.1, -0.05) is 6.42 Å². The number of methoxy groups -OCH3 is 1. The summed E-state index contributed by atoms with van der Waals surface area (Å²) in [5.41, 5.74) is 1.64. The molecule has 1 aromatic rings. The van der Waals surface area contributed by atoms with Crippen LogP contribution >= 0.6 is 11.3 Å². The lowest BCUT2D eigenvalue weighted by atomic mass is 9.66. The average Bonchev–Trinajstić information content (AvgIpc) is 2.69. The number of hydrogen-bond acceptors (Lipinski definition) is 4. The highest BCUT2D eigenvalue weighted by Gasteiger charge is 2.43. The van der Waals surface area contributed by atoms with Crippen molar-refractivity contribution in [2.24, 2.45) is 0 Å². The Balaban J connectivity index is 2.01. The van der Waals surface area contributed by atoms with Gasteiger partial charge in [0.25, 0.3) is 0 Å². The molecule has 3 rings (SSSR count). The van der Waals surface area contributed by atoms with Crippen LogP contribution in [-0.2, 0) is 16.7 Å². The molecule has 0 saturated heterocycles. The Morgan fingerprint density at radius 2 is 2.38 bits per heavy atom. The Hall–Kier alpha value is -0.870. The Labute approximate surface area is 98.8 Å². The van der Waals surface area contributed by atoms with Crippen molar-refractivity contribution in [1.29, 1.82) is 0 Å². The first-order chi connectivity index (χ1) is 7.75. The minimum atomic E-state index is -0.200. The van der Waals surface area contributed by atoms with E-state index >= 15 is 0 Å². The van der Waals surface area contributed by atoms with Crippen LogP contribution in [0, 0.1) is 0 Å². The zero-order chi connectivity index (χ0) is 11.2. The summed E-state index contributed by atoms with van der Waals surface area (Å²) in [6.45, 7) is 1.96. The summed E-state index contributed by atoms with van der Waals surface area (Å²) in [7, 11) is 1.44. The highest BCUT2D eigenvalue weighted by molar-refractivity contribution is 7.14. The number of ether oxygens (including phenoxy) is 1. The minimum absolute atomic E-state index is 0.200. The Bertz CT molecular complexity index is 434. The number of rotatable bonds is 1. The van der Waals surface area contributed by atoms with Crippen molar-refractivity contribution >= 4 is 17.3 Å². The number of carbonyl (C=O) groups excluding carboxylic acids is 1. The van der Waals surface area contributed by atoms with Crippen LogP contribution in [0.4, 0.5) is 0 Å². The molecule has 16 heavy (non-hydrogen) atoms. The van der Waals surface area contributed by atoms with Gasteiger partial charge in [-0.25, -0.2) is 4.79 Å². The van der Waals surface area contributed by atoms with E-state index in [0.29, 0.717) is 5.41 Å². The SMILES string of the molecule is COC(=O)c1cc2c(s1)C1(CCC1)CNC2. The van der Waals surface area contributed by atoms with Crippen LogP contribution in [0.15, 0.2) is 6.07 Å². The number of thiophene rings is 1. The molecule has 1 spiro atoms. The Kier molecular flexibility index (Phi) is 2.30. The standard InChI is InChI=1S/C12H15NO2S/c1-15-11(14)9-5-8-6-13-7-12(3-2-4-12)10(8)16-9/h5,13H,2-4,6-7H2,1H3. The van der Waals surface area contributed by atoms with Gasteiger partial charge in [0.2, 0.25) is 0 Å². The van der Waals surface area contributed by atoms with Gasteiger partial charge in [0.1, 0.15) is 4.88 Å². The lowest BCUT2D eigenvalue weighted by molar-refractivity contribution is 0.0606. The van der Waals surface area contributed by atoms with Gasteiger partial charge in [-0.15, -0.1) is 11.3 Å². The fourth-order valence-electron chi connectivity index (χ4n) is 2.73. The molecule has 1 aliphatic carbocycles. The van der Waals surface area contributed by atoms with Crippen molar-refractivity contribution in [3.63, 3.8) is 0 Å². The monoisotopic (exact) mass is 237 g/mol. The van der Waals surface area contributed by atoms with Crippen LogP contribution < -0.4 is 5.32 Å².